The van der Waals surface area contributed by atoms with Crippen molar-refractivity contribution in [3.05, 3.63) is 58.9 Å². The summed E-state index contributed by atoms with van der Waals surface area (Å²) >= 11 is 1.80. The fraction of sp³-hybridized carbons (Fsp3) is 0.188. The van der Waals surface area contributed by atoms with Crippen molar-refractivity contribution in [2.75, 3.05) is 5.32 Å². The summed E-state index contributed by atoms with van der Waals surface area (Å²) in [6.45, 7) is 2.21. The number of hydrogen-bond donors (Lipinski definition) is 1. The first-order valence-electron chi connectivity index (χ1n) is 6.51. The zero-order valence-corrected chi connectivity index (χ0v) is 11.7. The van der Waals surface area contributed by atoms with Crippen LogP contribution in [0.5, 0.6) is 0 Å². The maximum Gasteiger partial charge on any atom is 0.0703 e. The Hall–Kier alpha value is -1.87. The predicted octanol–water partition coefficient (Wildman–Crippen LogP) is 4.86. The van der Waals surface area contributed by atoms with E-state index in [0.29, 0.717) is 6.04 Å². The molecule has 0 saturated carbocycles. The van der Waals surface area contributed by atoms with Gasteiger partial charge in [0.25, 0.3) is 0 Å². The standard InChI is InChI=1S/C16H16N2S/c1-2-14(16-6-4-10-19-16)18-13-7-8-15-12(11-13)5-3-9-17-15/h3-11,14,18H,2H2,1H3. The highest BCUT2D eigenvalue weighted by Gasteiger charge is 2.10. The molecule has 1 atom stereocenters. The molecule has 0 radical (unpaired) electrons. The molecule has 0 aliphatic carbocycles. The Kier molecular flexibility index (Phi) is 3.47. The van der Waals surface area contributed by atoms with Crippen molar-refractivity contribution in [1.29, 1.82) is 0 Å². The molecule has 0 amide bonds. The second-order valence-electron chi connectivity index (χ2n) is 4.53. The number of benzene rings is 1. The molecule has 0 spiro atoms. The Balaban J connectivity index is 1.88. The van der Waals surface area contributed by atoms with Gasteiger partial charge in [-0.1, -0.05) is 19.1 Å². The van der Waals surface area contributed by atoms with E-state index in [0.717, 1.165) is 17.6 Å². The van der Waals surface area contributed by atoms with Crippen LogP contribution in [0.1, 0.15) is 24.3 Å². The van der Waals surface area contributed by atoms with Crippen molar-refractivity contribution >= 4 is 27.9 Å². The molecular formula is C16H16N2S. The minimum absolute atomic E-state index is 0.383. The molecule has 0 fully saturated rings. The van der Waals surface area contributed by atoms with Gasteiger partial charge in [-0.25, -0.2) is 0 Å². The summed E-state index contributed by atoms with van der Waals surface area (Å²) in [4.78, 5) is 5.73. The lowest BCUT2D eigenvalue weighted by molar-refractivity contribution is 0.764. The lowest BCUT2D eigenvalue weighted by Crippen LogP contribution is -2.07. The van der Waals surface area contributed by atoms with Crippen LogP contribution < -0.4 is 5.32 Å². The summed E-state index contributed by atoms with van der Waals surface area (Å²) in [5.74, 6) is 0. The van der Waals surface area contributed by atoms with E-state index in [2.05, 4.69) is 59.0 Å². The molecule has 19 heavy (non-hydrogen) atoms. The smallest absolute Gasteiger partial charge is 0.0703 e. The molecule has 0 bridgehead atoms. The van der Waals surface area contributed by atoms with Crippen LogP contribution in [0.2, 0.25) is 0 Å². The molecule has 0 aliphatic rings. The van der Waals surface area contributed by atoms with Crippen molar-refractivity contribution in [2.24, 2.45) is 0 Å². The molecule has 2 aromatic heterocycles. The largest absolute Gasteiger partial charge is 0.377 e. The van der Waals surface area contributed by atoms with Crippen LogP contribution in [0.3, 0.4) is 0 Å². The van der Waals surface area contributed by atoms with Gasteiger partial charge in [-0.3, -0.25) is 4.98 Å². The van der Waals surface area contributed by atoms with E-state index in [4.69, 9.17) is 0 Å². The first-order valence-corrected chi connectivity index (χ1v) is 7.39. The molecule has 3 rings (SSSR count). The summed E-state index contributed by atoms with van der Waals surface area (Å²) < 4.78 is 0. The van der Waals surface area contributed by atoms with Gasteiger partial charge in [0.2, 0.25) is 0 Å². The zero-order chi connectivity index (χ0) is 13.1. The third kappa shape index (κ3) is 2.61. The highest BCUT2D eigenvalue weighted by Crippen LogP contribution is 2.27. The zero-order valence-electron chi connectivity index (χ0n) is 10.8. The number of nitrogens with zero attached hydrogens (tertiary/aromatic N) is 1. The molecule has 2 nitrogen and oxygen atoms in total. The van der Waals surface area contributed by atoms with Crippen molar-refractivity contribution in [2.45, 2.75) is 19.4 Å². The van der Waals surface area contributed by atoms with E-state index < -0.39 is 0 Å². The van der Waals surface area contributed by atoms with E-state index in [1.54, 1.807) is 11.3 Å². The van der Waals surface area contributed by atoms with E-state index in [1.165, 1.54) is 10.3 Å². The van der Waals surface area contributed by atoms with Crippen molar-refractivity contribution in [3.8, 4) is 0 Å². The Labute approximate surface area is 117 Å². The molecule has 3 heteroatoms. The SMILES string of the molecule is CCC(Nc1ccc2ncccc2c1)c1cccs1. The lowest BCUT2D eigenvalue weighted by atomic mass is 10.1. The molecule has 1 unspecified atom stereocenters. The van der Waals surface area contributed by atoms with E-state index in [1.807, 2.05) is 12.3 Å². The van der Waals surface area contributed by atoms with Crippen LogP contribution in [0.4, 0.5) is 5.69 Å². The predicted molar refractivity (Wildman–Crippen MR) is 82.7 cm³/mol. The molecule has 0 saturated heterocycles. The number of thiophene rings is 1. The normalized spacial score (nSPS) is 12.5. The van der Waals surface area contributed by atoms with Crippen LogP contribution in [0.15, 0.2) is 54.0 Å². The molecule has 1 aromatic carbocycles. The molecule has 2 heterocycles. The number of anilines is 1. The second-order valence-corrected chi connectivity index (χ2v) is 5.51. The van der Waals surface area contributed by atoms with Crippen molar-refractivity contribution in [3.63, 3.8) is 0 Å². The lowest BCUT2D eigenvalue weighted by Gasteiger charge is -2.17. The summed E-state index contributed by atoms with van der Waals surface area (Å²) in [5.41, 5.74) is 2.19. The average Bonchev–Trinajstić information content (AvgIpc) is 2.98. The Morgan fingerprint density at radius 2 is 2.16 bits per heavy atom. The van der Waals surface area contributed by atoms with Crippen LogP contribution in [-0.4, -0.2) is 4.98 Å². The maximum absolute atomic E-state index is 4.35. The number of rotatable bonds is 4. The fourth-order valence-electron chi connectivity index (χ4n) is 2.23. The van der Waals surface area contributed by atoms with Gasteiger partial charge in [-0.15, -0.1) is 11.3 Å². The average molecular weight is 268 g/mol. The minimum atomic E-state index is 0.383. The summed E-state index contributed by atoms with van der Waals surface area (Å²) in [5, 5.41) is 6.91. The van der Waals surface area contributed by atoms with Crippen LogP contribution in [-0.2, 0) is 0 Å². The Morgan fingerprint density at radius 3 is 2.95 bits per heavy atom. The first kappa shape index (κ1) is 12.2. The summed E-state index contributed by atoms with van der Waals surface area (Å²) in [6.07, 6.45) is 2.90. The molecule has 96 valence electrons. The van der Waals surface area contributed by atoms with Crippen molar-refractivity contribution < 1.29 is 0 Å². The first-order chi connectivity index (χ1) is 9.36. The molecule has 0 aliphatic heterocycles. The van der Waals surface area contributed by atoms with Gasteiger partial charge < -0.3 is 5.32 Å². The third-order valence-corrected chi connectivity index (χ3v) is 4.22. The second kappa shape index (κ2) is 5.41. The van der Waals surface area contributed by atoms with Gasteiger partial charge in [0, 0.05) is 22.1 Å². The van der Waals surface area contributed by atoms with Gasteiger partial charge in [-0.05, 0) is 42.1 Å². The maximum atomic E-state index is 4.35. The molecule has 1 N–H and O–H groups in total. The Morgan fingerprint density at radius 1 is 1.21 bits per heavy atom. The van der Waals surface area contributed by atoms with E-state index in [-0.39, 0.29) is 0 Å². The summed E-state index contributed by atoms with van der Waals surface area (Å²) in [7, 11) is 0. The van der Waals surface area contributed by atoms with Gasteiger partial charge in [-0.2, -0.15) is 0 Å². The van der Waals surface area contributed by atoms with Crippen LogP contribution in [0.25, 0.3) is 10.9 Å². The van der Waals surface area contributed by atoms with Crippen molar-refractivity contribution in [1.82, 2.24) is 4.98 Å². The van der Waals surface area contributed by atoms with Gasteiger partial charge in [0.1, 0.15) is 0 Å². The highest BCUT2D eigenvalue weighted by atomic mass is 32.1. The molecule has 3 aromatic rings. The van der Waals surface area contributed by atoms with Gasteiger partial charge >= 0.3 is 0 Å². The number of aromatic nitrogens is 1. The topological polar surface area (TPSA) is 24.9 Å². The number of pyridine rings is 1. The number of nitrogens with one attached hydrogen (secondary N) is 1. The summed E-state index contributed by atoms with van der Waals surface area (Å²) in [6, 6.07) is 15.1. The minimum Gasteiger partial charge on any atom is -0.377 e. The molecular weight excluding hydrogens is 252 g/mol. The van der Waals surface area contributed by atoms with Gasteiger partial charge in [0.15, 0.2) is 0 Å². The van der Waals surface area contributed by atoms with E-state index >= 15 is 0 Å². The van der Waals surface area contributed by atoms with Crippen LogP contribution >= 0.6 is 11.3 Å². The number of hydrogen-bond acceptors (Lipinski definition) is 3. The number of fused-ring (bicyclic) bond motifs is 1. The Bertz CT molecular complexity index is 661. The fourth-order valence-corrected chi connectivity index (χ4v) is 3.09. The quantitative estimate of drug-likeness (QED) is 0.731. The van der Waals surface area contributed by atoms with Gasteiger partial charge in [0.05, 0.1) is 11.6 Å². The third-order valence-electron chi connectivity index (χ3n) is 3.24. The highest BCUT2D eigenvalue weighted by molar-refractivity contribution is 7.10. The van der Waals surface area contributed by atoms with E-state index in [9.17, 15) is 0 Å². The van der Waals surface area contributed by atoms with Crippen LogP contribution in [0, 0.1) is 0 Å². The monoisotopic (exact) mass is 268 g/mol.